The Morgan fingerprint density at radius 2 is 1.43 bits per heavy atom. The molecule has 6 rings (SSSR count). The number of hydrogen-bond acceptors (Lipinski definition) is 7. The van der Waals surface area contributed by atoms with Crippen molar-refractivity contribution in [2.45, 2.75) is 17.0 Å². The molecule has 0 spiro atoms. The number of benzene rings is 3. The molecule has 1 amide bonds. The molecule has 2 aliphatic heterocycles. The molecule has 0 radical (unpaired) electrons. The Hall–Kier alpha value is -3.43. The van der Waals surface area contributed by atoms with E-state index in [4.69, 9.17) is 21.3 Å². The highest BCUT2D eigenvalue weighted by Gasteiger charge is 2.28. The van der Waals surface area contributed by atoms with Crippen molar-refractivity contribution >= 4 is 35.1 Å². The van der Waals surface area contributed by atoms with E-state index in [1.165, 1.54) is 11.1 Å². The van der Waals surface area contributed by atoms with Crippen LogP contribution >= 0.6 is 23.4 Å². The number of rotatable bonds is 8. The van der Waals surface area contributed by atoms with Crippen molar-refractivity contribution in [2.24, 2.45) is 0 Å². The van der Waals surface area contributed by atoms with Gasteiger partial charge in [-0.05, 0) is 28.8 Å². The second-order valence-electron chi connectivity index (χ2n) is 10.5. The average molecular weight is 600 g/mol. The van der Waals surface area contributed by atoms with Crippen LogP contribution in [0.4, 0.5) is 5.82 Å². The molecule has 3 aromatic carbocycles. The van der Waals surface area contributed by atoms with Crippen molar-refractivity contribution in [2.75, 3.05) is 57.4 Å². The second kappa shape index (κ2) is 13.7. The molecule has 0 atom stereocenters. The molecule has 216 valence electrons. The minimum absolute atomic E-state index is 0.0816. The fourth-order valence-corrected chi connectivity index (χ4v) is 6.58. The number of halogens is 1. The number of amides is 1. The van der Waals surface area contributed by atoms with Crippen LogP contribution in [0.3, 0.4) is 0 Å². The summed E-state index contributed by atoms with van der Waals surface area (Å²) in [4.78, 5) is 29.1. The Morgan fingerprint density at radius 1 is 0.810 bits per heavy atom. The predicted molar refractivity (Wildman–Crippen MR) is 168 cm³/mol. The zero-order chi connectivity index (χ0) is 28.7. The molecular weight excluding hydrogens is 566 g/mol. The fourth-order valence-electron chi connectivity index (χ4n) is 5.55. The highest BCUT2D eigenvalue weighted by atomic mass is 35.5. The standard InChI is InChI=1S/C33H34ClN5O2S/c34-29-23-30(37-19-21-41-22-20-37)36-33(35-29)42-24-25-11-13-28(14-12-25)32(40)39-17-15-38(16-18-39)31(26-7-3-1-4-8-26)27-9-5-2-6-10-27/h1-14,23,31H,15-22,24H2. The van der Waals surface area contributed by atoms with Gasteiger partial charge in [-0.3, -0.25) is 9.69 Å². The van der Waals surface area contributed by atoms with E-state index in [1.807, 2.05) is 29.2 Å². The van der Waals surface area contributed by atoms with Gasteiger partial charge in [-0.25, -0.2) is 9.97 Å². The van der Waals surface area contributed by atoms with Gasteiger partial charge >= 0.3 is 0 Å². The summed E-state index contributed by atoms with van der Waals surface area (Å²) in [6.45, 7) is 6.00. The van der Waals surface area contributed by atoms with Crippen LogP contribution in [-0.2, 0) is 10.5 Å². The van der Waals surface area contributed by atoms with E-state index in [-0.39, 0.29) is 11.9 Å². The van der Waals surface area contributed by atoms with Gasteiger partial charge in [-0.2, -0.15) is 0 Å². The number of nitrogens with zero attached hydrogens (tertiary/aromatic N) is 5. The van der Waals surface area contributed by atoms with Gasteiger partial charge in [-0.1, -0.05) is 96.2 Å². The molecule has 42 heavy (non-hydrogen) atoms. The summed E-state index contributed by atoms with van der Waals surface area (Å²) in [7, 11) is 0. The number of piperazine rings is 1. The minimum Gasteiger partial charge on any atom is -0.378 e. The number of carbonyl (C=O) groups is 1. The zero-order valence-corrected chi connectivity index (χ0v) is 25.0. The van der Waals surface area contributed by atoms with Crippen LogP contribution in [0.1, 0.15) is 33.1 Å². The summed E-state index contributed by atoms with van der Waals surface area (Å²) in [6, 6.07) is 31.1. The number of morpholine rings is 1. The summed E-state index contributed by atoms with van der Waals surface area (Å²) in [6.07, 6.45) is 0. The normalized spacial score (nSPS) is 16.1. The molecule has 0 aliphatic carbocycles. The van der Waals surface area contributed by atoms with E-state index < -0.39 is 0 Å². The molecule has 0 bridgehead atoms. The number of ether oxygens (including phenoxy) is 1. The van der Waals surface area contributed by atoms with E-state index in [1.54, 1.807) is 17.8 Å². The van der Waals surface area contributed by atoms with Crippen LogP contribution in [0.15, 0.2) is 96.2 Å². The number of hydrogen-bond donors (Lipinski definition) is 0. The lowest BCUT2D eigenvalue weighted by molar-refractivity contribution is 0.0597. The van der Waals surface area contributed by atoms with E-state index in [9.17, 15) is 4.79 Å². The molecule has 9 heteroatoms. The van der Waals surface area contributed by atoms with Crippen molar-refractivity contribution in [3.8, 4) is 0 Å². The molecule has 4 aromatic rings. The Kier molecular flexibility index (Phi) is 9.35. The number of carbonyl (C=O) groups excluding carboxylic acids is 1. The maximum absolute atomic E-state index is 13.4. The lowest BCUT2D eigenvalue weighted by Crippen LogP contribution is -2.49. The fraction of sp³-hybridized carbons (Fsp3) is 0.303. The Bertz CT molecular complexity index is 1420. The largest absolute Gasteiger partial charge is 0.378 e. The second-order valence-corrected chi connectivity index (χ2v) is 11.8. The van der Waals surface area contributed by atoms with E-state index in [0.717, 1.165) is 37.6 Å². The zero-order valence-electron chi connectivity index (χ0n) is 23.4. The summed E-state index contributed by atoms with van der Waals surface area (Å²) in [5, 5.41) is 1.08. The first-order valence-corrected chi connectivity index (χ1v) is 15.7. The molecule has 2 saturated heterocycles. The van der Waals surface area contributed by atoms with Crippen LogP contribution in [0.2, 0.25) is 5.15 Å². The highest BCUT2D eigenvalue weighted by molar-refractivity contribution is 7.98. The molecule has 0 unspecified atom stereocenters. The first kappa shape index (κ1) is 28.7. The van der Waals surface area contributed by atoms with Crippen LogP contribution in [-0.4, -0.2) is 78.2 Å². The monoisotopic (exact) mass is 599 g/mol. The van der Waals surface area contributed by atoms with E-state index in [2.05, 4.69) is 75.4 Å². The van der Waals surface area contributed by atoms with Crippen LogP contribution < -0.4 is 4.90 Å². The number of aromatic nitrogens is 2. The summed E-state index contributed by atoms with van der Waals surface area (Å²) >= 11 is 7.84. The third-order valence-electron chi connectivity index (χ3n) is 7.76. The molecule has 2 aliphatic rings. The Balaban J connectivity index is 1.05. The summed E-state index contributed by atoms with van der Waals surface area (Å²) in [5.41, 5.74) is 4.37. The van der Waals surface area contributed by atoms with Gasteiger partial charge in [0.25, 0.3) is 5.91 Å². The quantitative estimate of drug-likeness (QED) is 0.144. The predicted octanol–water partition coefficient (Wildman–Crippen LogP) is 5.81. The van der Waals surface area contributed by atoms with Crippen LogP contribution in [0, 0.1) is 0 Å². The molecule has 7 nitrogen and oxygen atoms in total. The van der Waals surface area contributed by atoms with Gasteiger partial charge in [0.15, 0.2) is 5.16 Å². The molecule has 3 heterocycles. The van der Waals surface area contributed by atoms with Crippen LogP contribution in [0.5, 0.6) is 0 Å². The third-order valence-corrected chi connectivity index (χ3v) is 8.87. The molecule has 0 N–H and O–H groups in total. The van der Waals surface area contributed by atoms with Gasteiger partial charge in [0.05, 0.1) is 19.3 Å². The molecule has 2 fully saturated rings. The number of anilines is 1. The van der Waals surface area contributed by atoms with Crippen molar-refractivity contribution in [3.63, 3.8) is 0 Å². The smallest absolute Gasteiger partial charge is 0.253 e. The first-order valence-electron chi connectivity index (χ1n) is 14.4. The van der Waals surface area contributed by atoms with E-state index >= 15 is 0 Å². The minimum atomic E-state index is 0.0816. The van der Waals surface area contributed by atoms with Gasteiger partial charge in [-0.15, -0.1) is 0 Å². The Labute approximate surface area is 256 Å². The SMILES string of the molecule is O=C(c1ccc(CSc2nc(Cl)cc(N3CCOCC3)n2)cc1)N1CCN(C(c2ccccc2)c2ccccc2)CC1. The summed E-state index contributed by atoms with van der Waals surface area (Å²) in [5.74, 6) is 1.61. The topological polar surface area (TPSA) is 61.8 Å². The molecular formula is C33H34ClN5O2S. The molecule has 1 aromatic heterocycles. The van der Waals surface area contributed by atoms with Gasteiger partial charge in [0.2, 0.25) is 0 Å². The van der Waals surface area contributed by atoms with Gasteiger partial charge in [0, 0.05) is 56.7 Å². The third kappa shape index (κ3) is 6.95. The summed E-state index contributed by atoms with van der Waals surface area (Å²) < 4.78 is 5.45. The maximum Gasteiger partial charge on any atom is 0.253 e. The van der Waals surface area contributed by atoms with E-state index in [0.29, 0.717) is 47.9 Å². The van der Waals surface area contributed by atoms with Crippen molar-refractivity contribution in [3.05, 3.63) is 118 Å². The van der Waals surface area contributed by atoms with Gasteiger partial charge in [0.1, 0.15) is 11.0 Å². The van der Waals surface area contributed by atoms with Gasteiger partial charge < -0.3 is 14.5 Å². The van der Waals surface area contributed by atoms with Crippen molar-refractivity contribution in [1.82, 2.24) is 19.8 Å². The lowest BCUT2D eigenvalue weighted by Gasteiger charge is -2.39. The lowest BCUT2D eigenvalue weighted by atomic mass is 9.96. The molecule has 0 saturated carbocycles. The average Bonchev–Trinajstić information content (AvgIpc) is 3.05. The van der Waals surface area contributed by atoms with Crippen molar-refractivity contribution < 1.29 is 9.53 Å². The highest BCUT2D eigenvalue weighted by Crippen LogP contribution is 2.30. The first-order chi connectivity index (χ1) is 20.6. The Morgan fingerprint density at radius 3 is 2.05 bits per heavy atom. The van der Waals surface area contributed by atoms with Crippen LogP contribution in [0.25, 0.3) is 0 Å². The number of thioether (sulfide) groups is 1. The maximum atomic E-state index is 13.4. The van der Waals surface area contributed by atoms with Crippen molar-refractivity contribution in [1.29, 1.82) is 0 Å².